The Labute approximate surface area is 133 Å². The molecule has 0 bridgehead atoms. The minimum absolute atomic E-state index is 0.186. The maximum absolute atomic E-state index is 12.9. The highest BCUT2D eigenvalue weighted by Crippen LogP contribution is 2.15. The molecule has 2 aromatic rings. The number of halogens is 1. The van der Waals surface area contributed by atoms with Crippen LogP contribution in [0, 0.1) is 5.82 Å². The van der Waals surface area contributed by atoms with Crippen molar-refractivity contribution >= 4 is 11.6 Å². The Hall–Kier alpha value is -2.63. The molecular weight excluding hydrogens is 299 g/mol. The van der Waals surface area contributed by atoms with E-state index in [9.17, 15) is 9.18 Å². The molecule has 0 unspecified atom stereocenters. The predicted octanol–water partition coefficient (Wildman–Crippen LogP) is 2.46. The molecule has 1 atom stereocenters. The van der Waals surface area contributed by atoms with E-state index in [0.29, 0.717) is 25.8 Å². The number of nitrogens with one attached hydrogen (secondary N) is 1. The molecule has 120 valence electrons. The van der Waals surface area contributed by atoms with Crippen molar-refractivity contribution in [2.75, 3.05) is 6.54 Å². The van der Waals surface area contributed by atoms with Gasteiger partial charge in [-0.3, -0.25) is 4.79 Å². The molecule has 1 aromatic heterocycles. The Bertz CT molecular complexity index is 680. The highest BCUT2D eigenvalue weighted by molar-refractivity contribution is 5.93. The van der Waals surface area contributed by atoms with Crippen LogP contribution in [0.25, 0.3) is 0 Å². The number of hydrogen-bond acceptors (Lipinski definition) is 4. The summed E-state index contributed by atoms with van der Waals surface area (Å²) >= 11 is 0. The van der Waals surface area contributed by atoms with E-state index in [2.05, 4.69) is 10.5 Å². The van der Waals surface area contributed by atoms with Crippen molar-refractivity contribution < 1.29 is 18.4 Å². The van der Waals surface area contributed by atoms with Crippen molar-refractivity contribution in [3.63, 3.8) is 0 Å². The van der Waals surface area contributed by atoms with Crippen LogP contribution in [-0.2, 0) is 22.5 Å². The molecule has 23 heavy (non-hydrogen) atoms. The van der Waals surface area contributed by atoms with Crippen LogP contribution in [0.2, 0.25) is 0 Å². The molecule has 0 radical (unpaired) electrons. The summed E-state index contributed by atoms with van der Waals surface area (Å²) in [5, 5.41) is 6.77. The van der Waals surface area contributed by atoms with Crippen molar-refractivity contribution in [1.29, 1.82) is 0 Å². The van der Waals surface area contributed by atoms with Crippen molar-refractivity contribution in [3.8, 4) is 0 Å². The van der Waals surface area contributed by atoms with Gasteiger partial charge in [0.2, 0.25) is 6.10 Å². The van der Waals surface area contributed by atoms with E-state index in [1.807, 2.05) is 12.1 Å². The zero-order valence-corrected chi connectivity index (χ0v) is 12.5. The van der Waals surface area contributed by atoms with Gasteiger partial charge in [0, 0.05) is 25.8 Å². The topological polar surface area (TPSA) is 63.8 Å². The van der Waals surface area contributed by atoms with Gasteiger partial charge in [-0.2, -0.15) is 0 Å². The van der Waals surface area contributed by atoms with Crippen LogP contribution < -0.4 is 5.32 Å². The Morgan fingerprint density at radius 3 is 2.87 bits per heavy atom. The molecule has 1 aliphatic rings. The number of amides is 1. The summed E-state index contributed by atoms with van der Waals surface area (Å²) in [5.41, 5.74) is 1.72. The summed E-state index contributed by atoms with van der Waals surface area (Å²) in [6.07, 6.45) is 2.64. The van der Waals surface area contributed by atoms with Crippen LogP contribution in [-0.4, -0.2) is 24.3 Å². The molecule has 3 rings (SSSR count). The lowest BCUT2D eigenvalue weighted by atomic mass is 10.0. The van der Waals surface area contributed by atoms with Gasteiger partial charge in [-0.25, -0.2) is 4.39 Å². The zero-order chi connectivity index (χ0) is 16.1. The van der Waals surface area contributed by atoms with Crippen molar-refractivity contribution in [2.45, 2.75) is 25.4 Å². The lowest BCUT2D eigenvalue weighted by molar-refractivity contribution is -0.131. The summed E-state index contributed by atoms with van der Waals surface area (Å²) in [5.74, 6) is 0.368. The van der Waals surface area contributed by atoms with Crippen LogP contribution in [0.15, 0.2) is 52.2 Å². The third-order valence-corrected chi connectivity index (χ3v) is 3.59. The van der Waals surface area contributed by atoms with E-state index in [1.54, 1.807) is 18.4 Å². The third-order valence-electron chi connectivity index (χ3n) is 3.59. The molecule has 2 heterocycles. The molecule has 1 N–H and O–H groups in total. The molecule has 0 spiro atoms. The lowest BCUT2D eigenvalue weighted by Crippen LogP contribution is -2.36. The molecular formula is C17H17FN2O3. The largest absolute Gasteiger partial charge is 0.469 e. The van der Waals surface area contributed by atoms with Gasteiger partial charge in [0.05, 0.1) is 12.0 Å². The first kappa shape index (κ1) is 15.3. The molecule has 1 aromatic carbocycles. The Morgan fingerprint density at radius 1 is 1.30 bits per heavy atom. The fourth-order valence-electron chi connectivity index (χ4n) is 2.39. The van der Waals surface area contributed by atoms with Crippen LogP contribution in [0.5, 0.6) is 0 Å². The normalized spacial score (nSPS) is 16.7. The quantitative estimate of drug-likeness (QED) is 0.890. The van der Waals surface area contributed by atoms with Crippen LogP contribution in [0.1, 0.15) is 17.7 Å². The molecule has 1 amide bonds. The van der Waals surface area contributed by atoms with E-state index in [0.717, 1.165) is 17.0 Å². The number of rotatable bonds is 6. The smallest absolute Gasteiger partial charge is 0.264 e. The SMILES string of the molecule is O=C(NCCc1ccco1)[C@@H]1CC(Cc2ccc(F)cc2)=NO1. The van der Waals surface area contributed by atoms with E-state index in [-0.39, 0.29) is 11.7 Å². The Morgan fingerprint density at radius 2 is 2.13 bits per heavy atom. The second-order valence-corrected chi connectivity index (χ2v) is 5.38. The van der Waals surface area contributed by atoms with E-state index >= 15 is 0 Å². The van der Waals surface area contributed by atoms with Gasteiger partial charge in [0.25, 0.3) is 5.91 Å². The first-order chi connectivity index (χ1) is 11.2. The minimum Gasteiger partial charge on any atom is -0.469 e. The van der Waals surface area contributed by atoms with Crippen LogP contribution >= 0.6 is 0 Å². The first-order valence-electron chi connectivity index (χ1n) is 7.47. The second-order valence-electron chi connectivity index (χ2n) is 5.38. The van der Waals surface area contributed by atoms with Gasteiger partial charge in [0.15, 0.2) is 0 Å². The van der Waals surface area contributed by atoms with Gasteiger partial charge in [-0.15, -0.1) is 0 Å². The molecule has 0 fully saturated rings. The lowest BCUT2D eigenvalue weighted by Gasteiger charge is -2.08. The van der Waals surface area contributed by atoms with Crippen LogP contribution in [0.4, 0.5) is 4.39 Å². The second kappa shape index (κ2) is 7.09. The molecule has 0 saturated carbocycles. The number of nitrogens with zero attached hydrogens (tertiary/aromatic N) is 1. The number of benzene rings is 1. The number of carbonyl (C=O) groups excluding carboxylic acids is 1. The molecule has 1 aliphatic heterocycles. The highest BCUT2D eigenvalue weighted by atomic mass is 19.1. The summed E-state index contributed by atoms with van der Waals surface area (Å²) in [6.45, 7) is 0.486. The van der Waals surface area contributed by atoms with Crippen molar-refractivity contribution in [3.05, 3.63) is 59.8 Å². The highest BCUT2D eigenvalue weighted by Gasteiger charge is 2.27. The minimum atomic E-state index is -0.595. The van der Waals surface area contributed by atoms with Gasteiger partial charge in [0.1, 0.15) is 11.6 Å². The maximum atomic E-state index is 12.9. The summed E-state index contributed by atoms with van der Waals surface area (Å²) in [6, 6.07) is 9.90. The number of furan rings is 1. The van der Waals surface area contributed by atoms with E-state index < -0.39 is 6.10 Å². The summed E-state index contributed by atoms with van der Waals surface area (Å²) in [7, 11) is 0. The van der Waals surface area contributed by atoms with Crippen molar-refractivity contribution in [2.24, 2.45) is 5.16 Å². The Balaban J connectivity index is 1.42. The first-order valence-corrected chi connectivity index (χ1v) is 7.47. The molecule has 0 aliphatic carbocycles. The third kappa shape index (κ3) is 4.18. The number of hydrogen-bond donors (Lipinski definition) is 1. The average Bonchev–Trinajstić information content (AvgIpc) is 3.21. The zero-order valence-electron chi connectivity index (χ0n) is 12.5. The number of carbonyl (C=O) groups is 1. The summed E-state index contributed by atoms with van der Waals surface area (Å²) in [4.78, 5) is 17.2. The maximum Gasteiger partial charge on any atom is 0.264 e. The van der Waals surface area contributed by atoms with Gasteiger partial charge in [-0.05, 0) is 29.8 Å². The Kier molecular flexibility index (Phi) is 4.71. The van der Waals surface area contributed by atoms with Gasteiger partial charge in [-0.1, -0.05) is 17.3 Å². The van der Waals surface area contributed by atoms with Gasteiger partial charge < -0.3 is 14.6 Å². The van der Waals surface area contributed by atoms with Gasteiger partial charge >= 0.3 is 0 Å². The number of oxime groups is 1. The average molecular weight is 316 g/mol. The van der Waals surface area contributed by atoms with E-state index in [1.165, 1.54) is 12.1 Å². The monoisotopic (exact) mass is 316 g/mol. The fraction of sp³-hybridized carbons (Fsp3) is 0.294. The molecule has 0 saturated heterocycles. The van der Waals surface area contributed by atoms with Crippen LogP contribution in [0.3, 0.4) is 0 Å². The van der Waals surface area contributed by atoms with Crippen molar-refractivity contribution in [1.82, 2.24) is 5.32 Å². The standard InChI is InChI=1S/C17H17FN2O3/c18-13-5-3-12(4-6-13)10-14-11-16(23-20-14)17(21)19-8-7-15-2-1-9-22-15/h1-6,9,16H,7-8,10-11H2,(H,19,21)/t16-/m0/s1. The predicted molar refractivity (Wildman–Crippen MR) is 82.5 cm³/mol. The van der Waals surface area contributed by atoms with E-state index in [4.69, 9.17) is 9.25 Å². The summed E-state index contributed by atoms with van der Waals surface area (Å²) < 4.78 is 18.1. The molecule has 6 heteroatoms. The fourth-order valence-corrected chi connectivity index (χ4v) is 2.39. The molecule has 5 nitrogen and oxygen atoms in total.